The quantitative estimate of drug-likeness (QED) is 0.194. The standard InChI is InChI=1S/C43H26N4S/c1-3-12-27(13-4-1)35-25-36(46-43(45-35)28-14-5-2-6-15-28)29-16-11-17-30(24-29)47-37-20-9-7-18-32(37)39-31-22-23-44-26-34(31)42-40(41(39)47)33-19-8-10-21-38(33)48-42/h1-26H. The molecule has 0 saturated heterocycles. The fraction of sp³-hybridized carbons (Fsp3) is 0. The second-order valence-electron chi connectivity index (χ2n) is 12.0. The van der Waals surface area contributed by atoms with Crippen LogP contribution in [0.3, 0.4) is 0 Å². The lowest BCUT2D eigenvalue weighted by Crippen LogP contribution is -1.98. The molecule has 6 aromatic carbocycles. The normalized spacial score (nSPS) is 11.8. The predicted molar refractivity (Wildman–Crippen MR) is 201 cm³/mol. The number of thiophene rings is 1. The first-order valence-corrected chi connectivity index (χ1v) is 16.8. The topological polar surface area (TPSA) is 43.6 Å². The Bertz CT molecular complexity index is 2780. The van der Waals surface area contributed by atoms with Gasteiger partial charge in [0.15, 0.2) is 5.82 Å². The summed E-state index contributed by atoms with van der Waals surface area (Å²) < 4.78 is 4.99. The lowest BCUT2D eigenvalue weighted by atomic mass is 10.0. The van der Waals surface area contributed by atoms with E-state index in [2.05, 4.69) is 131 Å². The van der Waals surface area contributed by atoms with E-state index in [1.165, 1.54) is 52.8 Å². The van der Waals surface area contributed by atoms with E-state index in [-0.39, 0.29) is 0 Å². The third-order valence-electron chi connectivity index (χ3n) is 9.27. The summed E-state index contributed by atoms with van der Waals surface area (Å²) in [7, 11) is 0. The molecular weight excluding hydrogens is 605 g/mol. The number of benzene rings is 6. The van der Waals surface area contributed by atoms with Gasteiger partial charge in [0.05, 0.1) is 22.4 Å². The van der Waals surface area contributed by atoms with Crippen molar-refractivity contribution < 1.29 is 0 Å². The van der Waals surface area contributed by atoms with Crippen LogP contribution < -0.4 is 0 Å². The van der Waals surface area contributed by atoms with Gasteiger partial charge in [-0.2, -0.15) is 0 Å². The van der Waals surface area contributed by atoms with Crippen LogP contribution in [-0.4, -0.2) is 19.5 Å². The maximum Gasteiger partial charge on any atom is 0.160 e. The van der Waals surface area contributed by atoms with Crippen LogP contribution in [0.5, 0.6) is 0 Å². The molecule has 0 saturated carbocycles. The van der Waals surface area contributed by atoms with Crippen molar-refractivity contribution in [3.8, 4) is 39.6 Å². The molecule has 0 fully saturated rings. The summed E-state index contributed by atoms with van der Waals surface area (Å²) in [5, 5.41) is 7.44. The van der Waals surface area contributed by atoms with Crippen molar-refractivity contribution in [2.45, 2.75) is 0 Å². The van der Waals surface area contributed by atoms with Crippen LogP contribution in [0.15, 0.2) is 158 Å². The summed E-state index contributed by atoms with van der Waals surface area (Å²) in [5.41, 5.74) is 8.34. The first kappa shape index (κ1) is 27.0. The third kappa shape index (κ3) is 4.11. The summed E-state index contributed by atoms with van der Waals surface area (Å²) in [6, 6.07) is 51.2. The van der Waals surface area contributed by atoms with Gasteiger partial charge in [0.1, 0.15) is 0 Å². The van der Waals surface area contributed by atoms with E-state index >= 15 is 0 Å². The largest absolute Gasteiger partial charge is 0.309 e. The molecule has 0 unspecified atom stereocenters. The molecule has 5 heteroatoms. The van der Waals surface area contributed by atoms with Gasteiger partial charge in [0, 0.05) is 71.1 Å². The molecule has 4 aromatic heterocycles. The van der Waals surface area contributed by atoms with Crippen LogP contribution in [0.25, 0.3) is 92.3 Å². The first-order chi connectivity index (χ1) is 23.8. The Kier molecular flexibility index (Phi) is 6.01. The molecule has 0 aliphatic heterocycles. The Labute approximate surface area is 280 Å². The molecule has 10 rings (SSSR count). The molecule has 0 aliphatic rings. The summed E-state index contributed by atoms with van der Waals surface area (Å²) in [4.78, 5) is 14.7. The number of pyridine rings is 1. The molecule has 4 nitrogen and oxygen atoms in total. The molecule has 48 heavy (non-hydrogen) atoms. The number of para-hydroxylation sites is 1. The second kappa shape index (κ2) is 10.7. The van der Waals surface area contributed by atoms with E-state index in [9.17, 15) is 0 Å². The van der Waals surface area contributed by atoms with Gasteiger partial charge in [-0.3, -0.25) is 4.98 Å². The van der Waals surface area contributed by atoms with Gasteiger partial charge in [-0.15, -0.1) is 11.3 Å². The van der Waals surface area contributed by atoms with Crippen LogP contribution in [-0.2, 0) is 0 Å². The molecule has 0 aliphatic carbocycles. The van der Waals surface area contributed by atoms with Crippen molar-refractivity contribution in [2.24, 2.45) is 0 Å². The fourth-order valence-electron chi connectivity index (χ4n) is 7.15. The average molecular weight is 631 g/mol. The van der Waals surface area contributed by atoms with Crippen LogP contribution in [0.2, 0.25) is 0 Å². The van der Waals surface area contributed by atoms with E-state index in [4.69, 9.17) is 9.97 Å². The summed E-state index contributed by atoms with van der Waals surface area (Å²) in [5.74, 6) is 0.709. The fourth-order valence-corrected chi connectivity index (χ4v) is 8.38. The van der Waals surface area contributed by atoms with E-state index in [1.807, 2.05) is 48.0 Å². The highest BCUT2D eigenvalue weighted by Crippen LogP contribution is 2.47. The highest BCUT2D eigenvalue weighted by Gasteiger charge is 2.22. The summed E-state index contributed by atoms with van der Waals surface area (Å²) in [6.07, 6.45) is 3.94. The minimum Gasteiger partial charge on any atom is -0.309 e. The van der Waals surface area contributed by atoms with E-state index in [0.717, 1.165) is 33.8 Å². The molecule has 224 valence electrons. The third-order valence-corrected chi connectivity index (χ3v) is 10.5. The summed E-state index contributed by atoms with van der Waals surface area (Å²) >= 11 is 1.85. The van der Waals surface area contributed by atoms with Gasteiger partial charge in [-0.25, -0.2) is 9.97 Å². The maximum atomic E-state index is 5.14. The molecule has 10 aromatic rings. The zero-order valence-electron chi connectivity index (χ0n) is 25.7. The smallest absolute Gasteiger partial charge is 0.160 e. The molecule has 0 atom stereocenters. The van der Waals surface area contributed by atoms with Gasteiger partial charge in [-0.05, 0) is 41.8 Å². The van der Waals surface area contributed by atoms with Crippen molar-refractivity contribution in [3.63, 3.8) is 0 Å². The average Bonchev–Trinajstić information content (AvgIpc) is 3.72. The number of hydrogen-bond acceptors (Lipinski definition) is 4. The number of nitrogens with zero attached hydrogens (tertiary/aromatic N) is 4. The van der Waals surface area contributed by atoms with Crippen LogP contribution >= 0.6 is 11.3 Å². The Morgan fingerprint density at radius 1 is 0.500 bits per heavy atom. The lowest BCUT2D eigenvalue weighted by molar-refractivity contribution is 1.17. The molecule has 0 spiro atoms. The zero-order valence-corrected chi connectivity index (χ0v) is 26.5. The second-order valence-corrected chi connectivity index (χ2v) is 13.1. The van der Waals surface area contributed by atoms with Gasteiger partial charge in [-0.1, -0.05) is 109 Å². The van der Waals surface area contributed by atoms with Crippen molar-refractivity contribution in [3.05, 3.63) is 158 Å². The number of aromatic nitrogens is 4. The molecule has 0 bridgehead atoms. The van der Waals surface area contributed by atoms with Crippen molar-refractivity contribution in [2.75, 3.05) is 0 Å². The Hall–Kier alpha value is -6.17. The van der Waals surface area contributed by atoms with Crippen molar-refractivity contribution in [1.82, 2.24) is 19.5 Å². The van der Waals surface area contributed by atoms with Crippen LogP contribution in [0.1, 0.15) is 0 Å². The molecule has 4 heterocycles. The van der Waals surface area contributed by atoms with Gasteiger partial charge >= 0.3 is 0 Å². The van der Waals surface area contributed by atoms with E-state index in [0.29, 0.717) is 5.82 Å². The number of fused-ring (bicyclic) bond motifs is 10. The Morgan fingerprint density at radius 3 is 2.02 bits per heavy atom. The van der Waals surface area contributed by atoms with E-state index < -0.39 is 0 Å². The molecule has 0 N–H and O–H groups in total. The zero-order chi connectivity index (χ0) is 31.6. The maximum absolute atomic E-state index is 5.14. The minimum absolute atomic E-state index is 0.709. The van der Waals surface area contributed by atoms with Gasteiger partial charge in [0.2, 0.25) is 0 Å². The number of hydrogen-bond donors (Lipinski definition) is 0. The molecule has 0 radical (unpaired) electrons. The molecular formula is C43H26N4S. The van der Waals surface area contributed by atoms with E-state index in [1.54, 1.807) is 0 Å². The number of rotatable bonds is 4. The SMILES string of the molecule is c1ccc(-c2cc(-c3cccc(-n4c5ccccc5c5c6ccncc6c6sc7ccccc7c6c54)c3)nc(-c3ccccc3)n2)cc1. The van der Waals surface area contributed by atoms with Gasteiger partial charge in [0.25, 0.3) is 0 Å². The van der Waals surface area contributed by atoms with Crippen LogP contribution in [0.4, 0.5) is 0 Å². The monoisotopic (exact) mass is 630 g/mol. The van der Waals surface area contributed by atoms with Crippen molar-refractivity contribution >= 4 is 64.1 Å². The lowest BCUT2D eigenvalue weighted by Gasteiger charge is -2.13. The van der Waals surface area contributed by atoms with Crippen LogP contribution in [0, 0.1) is 0 Å². The highest BCUT2D eigenvalue weighted by molar-refractivity contribution is 7.27. The Morgan fingerprint density at radius 2 is 1.19 bits per heavy atom. The predicted octanol–water partition coefficient (Wildman–Crippen LogP) is 11.5. The Balaban J connectivity index is 1.28. The first-order valence-electron chi connectivity index (χ1n) is 16.0. The van der Waals surface area contributed by atoms with Crippen molar-refractivity contribution in [1.29, 1.82) is 0 Å². The van der Waals surface area contributed by atoms with Gasteiger partial charge < -0.3 is 4.57 Å². The minimum atomic E-state index is 0.709. The molecule has 0 amide bonds. The summed E-state index contributed by atoms with van der Waals surface area (Å²) in [6.45, 7) is 0. The highest BCUT2D eigenvalue weighted by atomic mass is 32.1.